The van der Waals surface area contributed by atoms with Gasteiger partial charge >= 0.3 is 0 Å². The third-order valence-corrected chi connectivity index (χ3v) is 3.17. The summed E-state index contributed by atoms with van der Waals surface area (Å²) in [7, 11) is 1.54. The van der Waals surface area contributed by atoms with Gasteiger partial charge in [0.15, 0.2) is 0 Å². The summed E-state index contributed by atoms with van der Waals surface area (Å²) in [4.78, 5) is 11.2. The molecule has 1 aromatic carbocycles. The van der Waals surface area contributed by atoms with Crippen LogP contribution in [0.15, 0.2) is 17.3 Å². The van der Waals surface area contributed by atoms with E-state index < -0.39 is 5.97 Å². The van der Waals surface area contributed by atoms with Crippen LogP contribution in [0.4, 0.5) is 0 Å². The molecule has 0 aromatic heterocycles. The van der Waals surface area contributed by atoms with Gasteiger partial charge in [0.1, 0.15) is 5.75 Å². The molecule has 0 heterocycles. The van der Waals surface area contributed by atoms with E-state index in [-0.39, 0.29) is 5.56 Å². The van der Waals surface area contributed by atoms with Crippen LogP contribution in [-0.2, 0) is 12.8 Å². The summed E-state index contributed by atoms with van der Waals surface area (Å²) in [6.07, 6.45) is 5.10. The maximum absolute atomic E-state index is 11.2. The van der Waals surface area contributed by atoms with Gasteiger partial charge in [0, 0.05) is 17.3 Å². The third kappa shape index (κ3) is 3.98. The van der Waals surface area contributed by atoms with Gasteiger partial charge in [0.05, 0.1) is 13.1 Å². The first-order valence-electron chi connectivity index (χ1n) is 6.71. The normalized spacial score (nSPS) is 10.9. The molecule has 110 valence electrons. The van der Waals surface area contributed by atoms with Crippen molar-refractivity contribution in [3.63, 3.8) is 0 Å². The van der Waals surface area contributed by atoms with Gasteiger partial charge in [0.2, 0.25) is 0 Å². The molecule has 1 aromatic rings. The zero-order valence-electron chi connectivity index (χ0n) is 11.9. The van der Waals surface area contributed by atoms with Gasteiger partial charge in [-0.3, -0.25) is 0 Å². The number of nitrogens with zero attached hydrogens (tertiary/aromatic N) is 1. The number of carbonyl (C=O) groups is 1. The van der Waals surface area contributed by atoms with Crippen LogP contribution in [0.3, 0.4) is 0 Å². The van der Waals surface area contributed by atoms with E-state index >= 15 is 0 Å². The monoisotopic (exact) mass is 278 g/mol. The number of carbonyl (C=O) groups excluding carboxylic acids is 1. The Bertz CT molecular complexity index is 483. The number of benzene rings is 1. The van der Waals surface area contributed by atoms with Crippen molar-refractivity contribution in [2.24, 2.45) is 5.16 Å². The first-order chi connectivity index (χ1) is 9.65. The highest BCUT2D eigenvalue weighted by Gasteiger charge is 2.14. The summed E-state index contributed by atoms with van der Waals surface area (Å²) >= 11 is 0. The minimum absolute atomic E-state index is 0.133. The second-order valence-corrected chi connectivity index (χ2v) is 4.51. The van der Waals surface area contributed by atoms with E-state index in [1.54, 1.807) is 12.1 Å². The fourth-order valence-electron chi connectivity index (χ4n) is 2.20. The summed E-state index contributed by atoms with van der Waals surface area (Å²) in [5.41, 5.74) is 1.73. The molecule has 0 aliphatic carbocycles. The Labute approximate surface area is 118 Å². The number of carboxylic acid groups (broad SMARTS) is 1. The summed E-state index contributed by atoms with van der Waals surface area (Å²) in [5.74, 6) is -0.618. The molecular weight excluding hydrogens is 258 g/mol. The van der Waals surface area contributed by atoms with Gasteiger partial charge in [-0.2, -0.15) is 0 Å². The predicted molar refractivity (Wildman–Crippen MR) is 74.5 cm³/mol. The van der Waals surface area contributed by atoms with Crippen molar-refractivity contribution in [1.82, 2.24) is 0 Å². The van der Waals surface area contributed by atoms with Crippen LogP contribution in [0, 0.1) is 0 Å². The van der Waals surface area contributed by atoms with Crippen LogP contribution in [0.25, 0.3) is 0 Å². The second-order valence-electron chi connectivity index (χ2n) is 4.51. The van der Waals surface area contributed by atoms with Crippen molar-refractivity contribution < 1.29 is 19.8 Å². The van der Waals surface area contributed by atoms with Gasteiger partial charge in [-0.1, -0.05) is 25.5 Å². The highest BCUT2D eigenvalue weighted by molar-refractivity contribution is 5.89. The van der Waals surface area contributed by atoms with E-state index in [9.17, 15) is 9.90 Å². The van der Waals surface area contributed by atoms with Crippen LogP contribution in [0.5, 0.6) is 5.75 Å². The predicted octanol–water partition coefficient (Wildman–Crippen LogP) is 1.79. The van der Waals surface area contributed by atoms with Crippen LogP contribution in [0.2, 0.25) is 0 Å². The zero-order chi connectivity index (χ0) is 15.0. The van der Waals surface area contributed by atoms with E-state index in [4.69, 9.17) is 9.94 Å². The molecule has 0 aliphatic rings. The number of rotatable bonds is 8. The number of methoxy groups -OCH3 is 1. The molecule has 0 saturated heterocycles. The van der Waals surface area contributed by atoms with Crippen LogP contribution in [0.1, 0.15) is 47.7 Å². The standard InChI is InChI=1S/C15H21NO4/c1-3-4-6-11-8-9-13(15(17)18)12(14(11)20-2)7-5-10-16-19/h8-10,19H,3-7H2,1-2H3,(H,17,18)/p-1. The first-order valence-corrected chi connectivity index (χ1v) is 6.71. The number of hydrogen-bond acceptors (Lipinski definition) is 5. The summed E-state index contributed by atoms with van der Waals surface area (Å²) in [6, 6.07) is 3.34. The van der Waals surface area contributed by atoms with E-state index in [0.29, 0.717) is 24.2 Å². The molecule has 0 fully saturated rings. The summed E-state index contributed by atoms with van der Waals surface area (Å²) in [6.45, 7) is 2.10. The van der Waals surface area contributed by atoms with Crippen molar-refractivity contribution in [1.29, 1.82) is 0 Å². The molecule has 0 spiro atoms. The van der Waals surface area contributed by atoms with E-state index in [1.165, 1.54) is 13.3 Å². The topological polar surface area (TPSA) is 82.0 Å². The van der Waals surface area contributed by atoms with Gasteiger partial charge < -0.3 is 19.8 Å². The van der Waals surface area contributed by atoms with Crippen molar-refractivity contribution in [3.8, 4) is 5.75 Å². The van der Waals surface area contributed by atoms with Gasteiger partial charge in [-0.05, 0) is 31.2 Å². The average Bonchev–Trinajstić information content (AvgIpc) is 2.44. The number of carboxylic acids is 1. The Morgan fingerprint density at radius 3 is 2.75 bits per heavy atom. The second kappa shape index (κ2) is 8.19. The average molecular weight is 278 g/mol. The Balaban J connectivity index is 3.18. The summed E-state index contributed by atoms with van der Waals surface area (Å²) in [5, 5.41) is 22.6. The SMILES string of the molecule is CCCCc1ccc(C(=O)[O-])c(CCC=NO)c1OC. The number of oxime groups is 1. The van der Waals surface area contributed by atoms with Crippen LogP contribution in [-0.4, -0.2) is 24.5 Å². The Morgan fingerprint density at radius 2 is 2.20 bits per heavy atom. The van der Waals surface area contributed by atoms with E-state index in [0.717, 1.165) is 24.8 Å². The minimum Gasteiger partial charge on any atom is -0.545 e. The number of aryl methyl sites for hydroxylation is 1. The van der Waals surface area contributed by atoms with E-state index in [1.807, 2.05) is 0 Å². The fraction of sp³-hybridized carbons (Fsp3) is 0.467. The zero-order valence-corrected chi connectivity index (χ0v) is 11.9. The number of aromatic carboxylic acids is 1. The summed E-state index contributed by atoms with van der Waals surface area (Å²) < 4.78 is 5.40. The molecule has 1 N–H and O–H groups in total. The van der Waals surface area contributed by atoms with Crippen molar-refractivity contribution >= 4 is 12.2 Å². The third-order valence-electron chi connectivity index (χ3n) is 3.17. The lowest BCUT2D eigenvalue weighted by Crippen LogP contribution is -2.24. The van der Waals surface area contributed by atoms with Crippen LogP contribution < -0.4 is 9.84 Å². The largest absolute Gasteiger partial charge is 0.545 e. The van der Waals surface area contributed by atoms with Crippen molar-refractivity contribution in [3.05, 3.63) is 28.8 Å². The molecule has 0 amide bonds. The molecule has 0 radical (unpaired) electrons. The van der Waals surface area contributed by atoms with Gasteiger partial charge in [-0.25, -0.2) is 0 Å². The van der Waals surface area contributed by atoms with Crippen molar-refractivity contribution in [2.45, 2.75) is 39.0 Å². The van der Waals surface area contributed by atoms with Gasteiger partial charge in [-0.15, -0.1) is 5.16 Å². The molecule has 5 nitrogen and oxygen atoms in total. The molecule has 0 atom stereocenters. The Kier molecular flexibility index (Phi) is 6.56. The molecule has 5 heteroatoms. The maximum Gasteiger partial charge on any atom is 0.125 e. The lowest BCUT2D eigenvalue weighted by Gasteiger charge is -2.18. The lowest BCUT2D eigenvalue weighted by molar-refractivity contribution is -0.255. The molecular formula is C15H20NO4-. The molecule has 0 aliphatic heterocycles. The van der Waals surface area contributed by atoms with E-state index in [2.05, 4.69) is 12.1 Å². The number of ether oxygens (including phenoxy) is 1. The smallest absolute Gasteiger partial charge is 0.125 e. The first kappa shape index (κ1) is 16.0. The molecule has 1 rings (SSSR count). The maximum atomic E-state index is 11.2. The highest BCUT2D eigenvalue weighted by Crippen LogP contribution is 2.29. The van der Waals surface area contributed by atoms with Gasteiger partial charge in [0.25, 0.3) is 0 Å². The molecule has 0 unspecified atom stereocenters. The van der Waals surface area contributed by atoms with Crippen molar-refractivity contribution in [2.75, 3.05) is 7.11 Å². The molecule has 20 heavy (non-hydrogen) atoms. The number of unbranched alkanes of at least 4 members (excludes halogenated alkanes) is 1. The molecule has 0 saturated carbocycles. The minimum atomic E-state index is -1.22. The molecule has 0 bridgehead atoms. The lowest BCUT2D eigenvalue weighted by atomic mass is 9.96. The Morgan fingerprint density at radius 1 is 1.45 bits per heavy atom. The number of hydrogen-bond donors (Lipinski definition) is 1. The highest BCUT2D eigenvalue weighted by atomic mass is 16.5. The quantitative estimate of drug-likeness (QED) is 0.446. The Hall–Kier alpha value is -2.04. The van der Waals surface area contributed by atoms with Crippen LogP contribution >= 0.6 is 0 Å². The fourth-order valence-corrected chi connectivity index (χ4v) is 2.20.